The Morgan fingerprint density at radius 3 is 1.51 bits per heavy atom. The van der Waals surface area contributed by atoms with E-state index in [0.717, 1.165) is 0 Å². The van der Waals surface area contributed by atoms with Crippen LogP contribution in [-0.4, -0.2) is 48.2 Å². The van der Waals surface area contributed by atoms with Gasteiger partial charge in [0.25, 0.3) is 0 Å². The molecule has 0 heterocycles. The van der Waals surface area contributed by atoms with E-state index in [0.29, 0.717) is 0 Å². The third-order valence-corrected chi connectivity index (χ3v) is 2.85. The molecular formula is C36H69NO6. The summed E-state index contributed by atoms with van der Waals surface area (Å²) in [7, 11) is 0. The number of hydrogen-bond acceptors (Lipinski definition) is 6. The normalized spacial score (nSPS) is 6.49. The number of aliphatic hydroxyl groups is 2. The van der Waals surface area contributed by atoms with Crippen molar-refractivity contribution in [1.29, 1.82) is 0 Å². The number of esters is 1. The molecule has 0 aliphatic heterocycles. The van der Waals surface area contributed by atoms with E-state index >= 15 is 0 Å². The lowest BCUT2D eigenvalue weighted by atomic mass is 10.4. The molecule has 0 aliphatic carbocycles. The van der Waals surface area contributed by atoms with Gasteiger partial charge in [-0.3, -0.25) is 10.1 Å². The highest BCUT2D eigenvalue weighted by Gasteiger charge is 2.11. The van der Waals surface area contributed by atoms with Gasteiger partial charge in [-0.2, -0.15) is 0 Å². The van der Waals surface area contributed by atoms with Gasteiger partial charge in [-0.1, -0.05) is 5.92 Å². The van der Waals surface area contributed by atoms with Gasteiger partial charge in [-0.25, -0.2) is 4.79 Å². The van der Waals surface area contributed by atoms with Crippen LogP contribution in [0, 0.1) is 166 Å². The fourth-order valence-corrected chi connectivity index (χ4v) is 1.41. The number of amides is 1. The van der Waals surface area contributed by atoms with E-state index in [2.05, 4.69) is 170 Å². The van der Waals surface area contributed by atoms with E-state index in [1.54, 1.807) is 6.92 Å². The van der Waals surface area contributed by atoms with Crippen molar-refractivity contribution >= 4 is 11.9 Å². The van der Waals surface area contributed by atoms with Crippen molar-refractivity contribution in [2.45, 2.75) is 20.0 Å². The summed E-state index contributed by atoms with van der Waals surface area (Å²) in [6.07, 6.45) is 3.98. The van der Waals surface area contributed by atoms with Gasteiger partial charge in [0.2, 0.25) is 5.91 Å². The monoisotopic (exact) mass is 612 g/mol. The highest BCUT2D eigenvalue weighted by molar-refractivity contribution is 5.89. The molecule has 0 saturated heterocycles. The van der Waals surface area contributed by atoms with Crippen LogP contribution in [0.4, 0.5) is 0 Å². The highest BCUT2D eigenvalue weighted by Crippen LogP contribution is 1.92. The van der Waals surface area contributed by atoms with Crippen LogP contribution in [0.25, 0.3) is 0 Å². The highest BCUT2D eigenvalue weighted by atomic mass is 16.6. The van der Waals surface area contributed by atoms with E-state index in [-0.39, 0.29) is 49.6 Å². The maximum absolute atomic E-state index is 11.3. The molecule has 0 aromatic carbocycles. The molecule has 0 rings (SSSR count). The number of terminal acetylenes is 1. The second-order valence-electron chi connectivity index (χ2n) is 5.91. The summed E-state index contributed by atoms with van der Waals surface area (Å²) in [5, 5.41) is 19.6. The Labute approximate surface area is 291 Å². The largest absolute Gasteiger partial charge is 0.448 e. The van der Waals surface area contributed by atoms with E-state index in [1.165, 1.54) is 6.92 Å². The van der Waals surface area contributed by atoms with Gasteiger partial charge < -0.3 is 19.7 Å². The fraction of sp³-hybridized carbons (Fsp3) is 0.167. The summed E-state index contributed by atoms with van der Waals surface area (Å²) in [4.78, 5) is 21.7. The Hall–Kier alpha value is -7.34. The molecule has 0 aromatic rings. The Kier molecular flexibility index (Phi) is 28.7. The van der Waals surface area contributed by atoms with Crippen molar-refractivity contribution in [3.63, 3.8) is 0 Å². The van der Waals surface area contributed by atoms with Crippen LogP contribution in [-0.2, 0) is 19.1 Å². The van der Waals surface area contributed by atoms with Crippen molar-refractivity contribution in [2.75, 3.05) is 20.0 Å². The second-order valence-corrected chi connectivity index (χ2v) is 5.91. The topological polar surface area (TPSA) is 105 Å². The molecule has 7 heteroatoms. The predicted octanol–water partition coefficient (Wildman–Crippen LogP) is 5.03. The molecular weight excluding hydrogens is 542 g/mol. The molecule has 43 heavy (non-hydrogen) atoms. The lowest BCUT2D eigenvalue weighted by molar-refractivity contribution is -0.150. The van der Waals surface area contributed by atoms with Crippen molar-refractivity contribution in [2.24, 2.45) is 0 Å². The maximum atomic E-state index is 11.3. The Morgan fingerprint density at radius 1 is 0.698 bits per heavy atom. The number of rotatable bonds is 5. The van der Waals surface area contributed by atoms with E-state index in [9.17, 15) is 9.59 Å². The molecule has 0 unspecified atom stereocenters. The first-order chi connectivity index (χ1) is 21.0. The Bertz CT molecular complexity index is 1960. The standard InChI is InChI=1S/C19H10O5.C17H7NO.26H2/c1-2-3-4-5-6-7-8-9-10-11-12-13-14-19(22)24-18(15-20)16-23-17-21;1-3-4-5-6-7-8-9-10-11-12-13-14-15-16-18-17(2)19;;;;;;;;;;;;;;;;;;;;;;;;;;/h1,18,20-21H,15-17H2;1-2H3,(H,18,19);26*1H/t18-;;;;;;;;;;;;;;;;;;;;;;;;;;;/m1.........................../s1. The number of hydrogen-bond donors (Lipinski definition) is 3. The molecule has 7 nitrogen and oxygen atoms in total. The van der Waals surface area contributed by atoms with Gasteiger partial charge in [0.05, 0.1) is 13.2 Å². The summed E-state index contributed by atoms with van der Waals surface area (Å²) in [5.41, 5.74) is 0. The number of nitrogens with one attached hydrogen (secondary N) is 1. The summed E-state index contributed by atoms with van der Waals surface area (Å²) >= 11 is 0. The SMILES string of the molecule is C#CC#CC#CC#CC#CC#CC#CC(=O)O[C@H](CO)COCO.CC#CC#CC#CC#CC#CC#CC#CNC(C)=O.[HH].[HH].[HH].[HH].[HH].[HH].[HH].[HH].[HH].[HH].[HH].[HH].[HH].[HH].[HH].[HH].[HH].[HH].[HH].[HH].[HH].[HH].[HH].[HH].[HH].[HH]. The van der Waals surface area contributed by atoms with E-state index in [1.807, 2.05) is 0 Å². The van der Waals surface area contributed by atoms with Gasteiger partial charge in [0.1, 0.15) is 12.9 Å². The third kappa shape index (κ3) is 34.7. The van der Waals surface area contributed by atoms with Crippen LogP contribution in [0.3, 0.4) is 0 Å². The maximum Gasteiger partial charge on any atom is 0.385 e. The minimum atomic E-state index is -0.909. The van der Waals surface area contributed by atoms with Crippen molar-refractivity contribution in [3.8, 4) is 166 Å². The van der Waals surface area contributed by atoms with Gasteiger partial charge in [0.15, 0.2) is 0 Å². The average molecular weight is 612 g/mol. The smallest absolute Gasteiger partial charge is 0.385 e. The van der Waals surface area contributed by atoms with Crippen LogP contribution >= 0.6 is 0 Å². The zero-order valence-corrected chi connectivity index (χ0v) is 22.8. The van der Waals surface area contributed by atoms with Crippen LogP contribution in [0.5, 0.6) is 0 Å². The molecule has 0 fully saturated rings. The second kappa shape index (κ2) is 32.7. The number of aliphatic hydroxyl groups excluding tert-OH is 2. The van der Waals surface area contributed by atoms with Crippen LogP contribution < -0.4 is 5.32 Å². The lowest BCUT2D eigenvalue weighted by Gasteiger charge is -2.12. The number of carbonyl (C=O) groups is 2. The van der Waals surface area contributed by atoms with Crippen LogP contribution in [0.1, 0.15) is 50.9 Å². The molecule has 1 amide bonds. The van der Waals surface area contributed by atoms with Crippen molar-refractivity contribution < 1.29 is 66.4 Å². The average Bonchev–Trinajstić information content (AvgIpc) is 3.00. The lowest BCUT2D eigenvalue weighted by Crippen LogP contribution is -2.26. The summed E-state index contributed by atoms with van der Waals surface area (Å²) < 4.78 is 9.33. The summed E-state index contributed by atoms with van der Waals surface area (Å²) in [6.45, 7) is 1.90. The minimum Gasteiger partial charge on any atom is -0.448 e. The molecule has 0 saturated carbocycles. The molecule has 0 bridgehead atoms. The quantitative estimate of drug-likeness (QED) is 0.132. The molecule has 0 aromatic heterocycles. The van der Waals surface area contributed by atoms with Gasteiger partial charge >= 0.3 is 5.97 Å². The fourth-order valence-electron chi connectivity index (χ4n) is 1.41. The zero-order valence-electron chi connectivity index (χ0n) is 22.8. The molecule has 254 valence electrons. The van der Waals surface area contributed by atoms with Gasteiger partial charge in [-0.15, -0.1) is 6.42 Å². The first-order valence-electron chi connectivity index (χ1n) is 11.2. The van der Waals surface area contributed by atoms with E-state index in [4.69, 9.17) is 21.4 Å². The van der Waals surface area contributed by atoms with Gasteiger partial charge in [0, 0.05) is 91.5 Å². The number of carbonyl (C=O) groups excluding carboxylic acids is 2. The van der Waals surface area contributed by atoms with E-state index < -0.39 is 25.5 Å². The minimum absolute atomic E-state index is 0. The molecule has 0 radical (unpaired) electrons. The Morgan fingerprint density at radius 2 is 1.12 bits per heavy atom. The Balaban J connectivity index is -0.0000000137. The molecule has 0 spiro atoms. The third-order valence-electron chi connectivity index (χ3n) is 2.85. The zero-order chi connectivity index (χ0) is 32.1. The first kappa shape index (κ1) is 37.8. The van der Waals surface area contributed by atoms with Crippen LogP contribution in [0.15, 0.2) is 0 Å². The molecule has 0 aliphatic rings. The van der Waals surface area contributed by atoms with Crippen LogP contribution in [0.2, 0.25) is 0 Å². The van der Waals surface area contributed by atoms with Crippen molar-refractivity contribution in [3.05, 3.63) is 0 Å². The summed E-state index contributed by atoms with van der Waals surface area (Å²) in [5.74, 6) is 61.3. The first-order valence-corrected chi connectivity index (χ1v) is 11.2. The summed E-state index contributed by atoms with van der Waals surface area (Å²) in [6, 6.07) is 2.34. The molecule has 1 atom stereocenters. The van der Waals surface area contributed by atoms with Gasteiger partial charge in [-0.05, 0) is 113 Å². The predicted molar refractivity (Wildman–Crippen MR) is 214 cm³/mol. The number of ether oxygens (including phenoxy) is 2. The molecule has 3 N–H and O–H groups in total. The van der Waals surface area contributed by atoms with Crippen molar-refractivity contribution in [1.82, 2.24) is 5.32 Å².